The fraction of sp³-hybridized carbons (Fsp3) is 0.278. The van der Waals surface area contributed by atoms with E-state index in [1.54, 1.807) is 11.8 Å². The number of nitrogen functional groups attached to an aromatic ring is 1. The minimum atomic E-state index is -0.406. The molecular weight excluding hydrogens is 310 g/mol. The van der Waals surface area contributed by atoms with Crippen LogP contribution in [0.3, 0.4) is 0 Å². The summed E-state index contributed by atoms with van der Waals surface area (Å²) < 4.78 is 0. The third kappa shape index (κ3) is 5.01. The van der Waals surface area contributed by atoms with Gasteiger partial charge in [0.15, 0.2) is 0 Å². The van der Waals surface area contributed by atoms with Crippen molar-refractivity contribution in [1.29, 1.82) is 0 Å². The molecule has 2 aromatic rings. The maximum atomic E-state index is 11.8. The van der Waals surface area contributed by atoms with Crippen LogP contribution < -0.4 is 5.73 Å². The average Bonchev–Trinajstić information content (AvgIpc) is 2.51. The number of aryl methyl sites for hydroxylation is 2. The van der Waals surface area contributed by atoms with Crippen LogP contribution in [-0.2, 0) is 14.6 Å². The van der Waals surface area contributed by atoms with Crippen LogP contribution in [0.4, 0.5) is 5.69 Å². The van der Waals surface area contributed by atoms with Crippen molar-refractivity contribution in [2.75, 3.05) is 12.8 Å². The van der Waals surface area contributed by atoms with Gasteiger partial charge in [-0.15, -0.1) is 11.8 Å². The van der Waals surface area contributed by atoms with Gasteiger partial charge < -0.3 is 5.73 Å². The molecule has 1 atom stereocenters. The highest BCUT2D eigenvalue weighted by Gasteiger charge is 2.20. The second-order valence-corrected chi connectivity index (χ2v) is 6.63. The predicted octanol–water partition coefficient (Wildman–Crippen LogP) is 4.21. The molecule has 0 bridgehead atoms. The van der Waals surface area contributed by atoms with E-state index in [1.165, 1.54) is 12.7 Å². The number of anilines is 1. The smallest absolute Gasteiger partial charge is 0.343 e. The van der Waals surface area contributed by atoms with E-state index in [9.17, 15) is 4.79 Å². The van der Waals surface area contributed by atoms with Crippen LogP contribution >= 0.6 is 11.8 Å². The zero-order chi connectivity index (χ0) is 16.8. The Kier molecular flexibility index (Phi) is 6.07. The molecule has 4 nitrogen and oxygen atoms in total. The summed E-state index contributed by atoms with van der Waals surface area (Å²) in [7, 11) is 1.32. The van der Waals surface area contributed by atoms with Crippen molar-refractivity contribution in [1.82, 2.24) is 0 Å². The molecule has 0 saturated heterocycles. The van der Waals surface area contributed by atoms with Gasteiger partial charge in [-0.3, -0.25) is 4.89 Å². The molecule has 0 amide bonds. The van der Waals surface area contributed by atoms with Gasteiger partial charge in [-0.25, -0.2) is 4.79 Å². The quantitative estimate of drug-likeness (QED) is 0.372. The summed E-state index contributed by atoms with van der Waals surface area (Å²) in [4.78, 5) is 21.9. The first-order chi connectivity index (χ1) is 11.0. The van der Waals surface area contributed by atoms with Gasteiger partial charge in [-0.05, 0) is 37.1 Å². The minimum absolute atomic E-state index is 0.0950. The summed E-state index contributed by atoms with van der Waals surface area (Å²) in [6.45, 7) is 4.05. The number of carbonyl (C=O) groups is 1. The van der Waals surface area contributed by atoms with Crippen molar-refractivity contribution in [2.45, 2.75) is 30.4 Å². The van der Waals surface area contributed by atoms with E-state index in [0.29, 0.717) is 5.69 Å². The number of rotatable bonds is 6. The molecule has 0 aromatic heterocycles. The Bertz CT molecular complexity index is 670. The Hall–Kier alpha value is -1.98. The van der Waals surface area contributed by atoms with E-state index in [2.05, 4.69) is 9.78 Å². The molecule has 0 heterocycles. The topological polar surface area (TPSA) is 61.5 Å². The molecule has 122 valence electrons. The molecule has 2 N–H and O–H groups in total. The number of hydrogen-bond donors (Lipinski definition) is 1. The highest BCUT2D eigenvalue weighted by Crippen LogP contribution is 2.40. The van der Waals surface area contributed by atoms with Gasteiger partial charge in [-0.1, -0.05) is 35.9 Å². The van der Waals surface area contributed by atoms with Gasteiger partial charge in [-0.2, -0.15) is 4.89 Å². The number of thioether (sulfide) groups is 1. The molecule has 5 heteroatoms. The van der Waals surface area contributed by atoms with E-state index in [4.69, 9.17) is 5.73 Å². The summed E-state index contributed by atoms with van der Waals surface area (Å²) in [6.07, 6.45) is 0.203. The van der Waals surface area contributed by atoms with Gasteiger partial charge in [0.2, 0.25) is 0 Å². The largest absolute Gasteiger partial charge is 0.398 e. The molecule has 2 rings (SSSR count). The Labute approximate surface area is 140 Å². The zero-order valence-electron chi connectivity index (χ0n) is 13.5. The molecule has 0 spiro atoms. The Morgan fingerprint density at radius 1 is 1.13 bits per heavy atom. The first kappa shape index (κ1) is 17.4. The van der Waals surface area contributed by atoms with Crippen molar-refractivity contribution in [3.05, 3.63) is 59.2 Å². The van der Waals surface area contributed by atoms with Crippen molar-refractivity contribution < 1.29 is 14.6 Å². The third-order valence-corrected chi connectivity index (χ3v) is 4.75. The molecule has 1 unspecified atom stereocenters. The maximum absolute atomic E-state index is 11.8. The minimum Gasteiger partial charge on any atom is -0.398 e. The second-order valence-electron chi connectivity index (χ2n) is 5.38. The van der Waals surface area contributed by atoms with Crippen LogP contribution in [0.2, 0.25) is 0 Å². The molecule has 2 aromatic carbocycles. The second kappa shape index (κ2) is 8.04. The zero-order valence-corrected chi connectivity index (χ0v) is 14.4. The summed E-state index contributed by atoms with van der Waals surface area (Å²) in [5.41, 5.74) is 10.1. The van der Waals surface area contributed by atoms with Crippen molar-refractivity contribution in [2.24, 2.45) is 0 Å². The molecule has 0 fully saturated rings. The van der Waals surface area contributed by atoms with Gasteiger partial charge in [0.1, 0.15) is 0 Å². The lowest BCUT2D eigenvalue weighted by Gasteiger charge is -2.17. The number of nitrogens with two attached hydrogens (primary N) is 1. The van der Waals surface area contributed by atoms with Gasteiger partial charge in [0, 0.05) is 15.8 Å². The van der Waals surface area contributed by atoms with Crippen LogP contribution in [0.1, 0.15) is 28.4 Å². The van der Waals surface area contributed by atoms with Crippen LogP contribution in [0, 0.1) is 13.8 Å². The molecule has 0 radical (unpaired) electrons. The number of benzene rings is 2. The first-order valence-corrected chi connectivity index (χ1v) is 8.20. The van der Waals surface area contributed by atoms with Crippen molar-refractivity contribution in [3.63, 3.8) is 0 Å². The van der Waals surface area contributed by atoms with Crippen molar-refractivity contribution in [3.8, 4) is 0 Å². The van der Waals surface area contributed by atoms with Gasteiger partial charge in [0.25, 0.3) is 0 Å². The monoisotopic (exact) mass is 331 g/mol. The molecule has 23 heavy (non-hydrogen) atoms. The summed E-state index contributed by atoms with van der Waals surface area (Å²) in [5, 5.41) is -0.0950. The Balaban J connectivity index is 2.27. The summed E-state index contributed by atoms with van der Waals surface area (Å²) in [6, 6.07) is 14.0. The molecule has 0 saturated carbocycles. The fourth-order valence-electron chi connectivity index (χ4n) is 2.18. The molecule has 0 aliphatic rings. The lowest BCUT2D eigenvalue weighted by molar-refractivity contribution is -0.254. The normalized spacial score (nSPS) is 12.0. The van der Waals surface area contributed by atoms with E-state index in [-0.39, 0.29) is 11.7 Å². The fourth-order valence-corrected chi connectivity index (χ4v) is 3.46. The number of carbonyl (C=O) groups excluding carboxylic acids is 1. The maximum Gasteiger partial charge on any atom is 0.343 e. The van der Waals surface area contributed by atoms with Crippen molar-refractivity contribution >= 4 is 23.4 Å². The van der Waals surface area contributed by atoms with Crippen LogP contribution in [-0.4, -0.2) is 13.1 Å². The Morgan fingerprint density at radius 3 is 2.43 bits per heavy atom. The lowest BCUT2D eigenvalue weighted by Crippen LogP contribution is -2.08. The highest BCUT2D eigenvalue weighted by molar-refractivity contribution is 7.99. The van der Waals surface area contributed by atoms with E-state index in [0.717, 1.165) is 16.0 Å². The van der Waals surface area contributed by atoms with Crippen LogP contribution in [0.25, 0.3) is 0 Å². The highest BCUT2D eigenvalue weighted by atomic mass is 32.2. The summed E-state index contributed by atoms with van der Waals surface area (Å²) in [5.74, 6) is -0.406. The van der Waals surface area contributed by atoms with E-state index >= 15 is 0 Å². The Morgan fingerprint density at radius 2 is 1.78 bits per heavy atom. The van der Waals surface area contributed by atoms with E-state index < -0.39 is 5.97 Å². The van der Waals surface area contributed by atoms with Crippen LogP contribution in [0.5, 0.6) is 0 Å². The van der Waals surface area contributed by atoms with Gasteiger partial charge in [0.05, 0.1) is 13.5 Å². The third-order valence-electron chi connectivity index (χ3n) is 3.42. The molecular formula is C18H21NO3S. The van der Waals surface area contributed by atoms with Crippen LogP contribution in [0.15, 0.2) is 47.4 Å². The molecule has 0 aliphatic heterocycles. The standard InChI is InChI=1S/C18H21NO3S/c1-12-4-7-14(8-5-12)16(11-18(20)22-21-3)23-17-10-13(2)6-9-15(17)19/h4-10,16H,11,19H2,1-3H3. The first-order valence-electron chi connectivity index (χ1n) is 7.32. The average molecular weight is 331 g/mol. The lowest BCUT2D eigenvalue weighted by atomic mass is 10.1. The SMILES string of the molecule is COOC(=O)CC(Sc1cc(C)ccc1N)c1ccc(C)cc1. The molecule has 0 aliphatic carbocycles. The van der Waals surface area contributed by atoms with Gasteiger partial charge >= 0.3 is 5.97 Å². The summed E-state index contributed by atoms with van der Waals surface area (Å²) >= 11 is 1.56. The predicted molar refractivity (Wildman–Crippen MR) is 93.1 cm³/mol. The van der Waals surface area contributed by atoms with E-state index in [1.807, 2.05) is 56.3 Å². The number of hydrogen-bond acceptors (Lipinski definition) is 5.